The Hall–Kier alpha value is -3.86. The lowest BCUT2D eigenvalue weighted by atomic mass is 10.0. The Balaban J connectivity index is 2.00. The van der Waals surface area contributed by atoms with Crippen LogP contribution in [0.4, 0.5) is 17.5 Å². The van der Waals surface area contributed by atoms with Gasteiger partial charge in [0, 0.05) is 5.69 Å². The summed E-state index contributed by atoms with van der Waals surface area (Å²) in [4.78, 5) is 8.44. The number of aromatic nitrogens is 2. The molecule has 150 valence electrons. The lowest BCUT2D eigenvalue weighted by Gasteiger charge is -2.16. The third kappa shape index (κ3) is 4.10. The van der Waals surface area contributed by atoms with Crippen molar-refractivity contribution in [3.05, 3.63) is 57.1 Å². The molecule has 0 amide bonds. The second kappa shape index (κ2) is 8.66. The second-order valence-corrected chi connectivity index (χ2v) is 6.93. The number of aromatic hydroxyl groups is 1. The van der Waals surface area contributed by atoms with E-state index >= 15 is 0 Å². The van der Waals surface area contributed by atoms with Gasteiger partial charge in [0.05, 0.1) is 29.4 Å². The molecule has 1 aromatic heterocycles. The van der Waals surface area contributed by atoms with Gasteiger partial charge >= 0.3 is 0 Å². The van der Waals surface area contributed by atoms with Gasteiger partial charge in [0.2, 0.25) is 11.8 Å². The number of hydrogen-bond acceptors (Lipinski definition) is 9. The molecule has 9 nitrogen and oxygen atoms in total. The number of hydrogen-bond donors (Lipinski definition) is 4. The number of aliphatic hydroxyl groups excluding tert-OH is 1. The van der Waals surface area contributed by atoms with E-state index in [-0.39, 0.29) is 44.7 Å². The number of nitriles is 2. The molecule has 2 aromatic carbocycles. The second-order valence-electron chi connectivity index (χ2n) is 6.14. The van der Waals surface area contributed by atoms with E-state index in [1.807, 2.05) is 12.1 Å². The molecule has 5 N–H and O–H groups in total. The number of halogens is 1. The Kier molecular flexibility index (Phi) is 6.02. The van der Waals surface area contributed by atoms with Crippen LogP contribution in [0.5, 0.6) is 17.4 Å². The average Bonchev–Trinajstić information content (AvgIpc) is 2.74. The van der Waals surface area contributed by atoms with Gasteiger partial charge in [-0.25, -0.2) is 0 Å². The van der Waals surface area contributed by atoms with E-state index in [4.69, 9.17) is 21.0 Å². The molecule has 0 bridgehead atoms. The summed E-state index contributed by atoms with van der Waals surface area (Å²) < 4.78 is 6.13. The number of nitrogens with two attached hydrogens (primary N) is 1. The van der Waals surface area contributed by atoms with Crippen molar-refractivity contribution in [2.75, 3.05) is 11.1 Å². The molecule has 30 heavy (non-hydrogen) atoms. The minimum atomic E-state index is -0.550. The molecule has 1 heterocycles. The van der Waals surface area contributed by atoms with Gasteiger partial charge in [-0.1, -0.05) is 0 Å². The van der Waals surface area contributed by atoms with Gasteiger partial charge in [-0.15, -0.1) is 0 Å². The molecule has 10 heteroatoms. The van der Waals surface area contributed by atoms with Gasteiger partial charge in [0.1, 0.15) is 27.9 Å². The minimum absolute atomic E-state index is 0.0216. The lowest BCUT2D eigenvalue weighted by Crippen LogP contribution is -2.05. The Morgan fingerprint density at radius 3 is 2.50 bits per heavy atom. The molecule has 0 aliphatic carbocycles. The van der Waals surface area contributed by atoms with Crippen LogP contribution in [-0.2, 0) is 6.61 Å². The van der Waals surface area contributed by atoms with E-state index in [0.29, 0.717) is 16.8 Å². The summed E-state index contributed by atoms with van der Waals surface area (Å²) in [6, 6.07) is 12.0. The minimum Gasteiger partial charge on any atom is -0.506 e. The van der Waals surface area contributed by atoms with E-state index < -0.39 is 6.61 Å². The summed E-state index contributed by atoms with van der Waals surface area (Å²) in [6.45, 7) is 1.12. The van der Waals surface area contributed by atoms with Gasteiger partial charge < -0.3 is 26.0 Å². The summed E-state index contributed by atoms with van der Waals surface area (Å²) in [5.41, 5.74) is 7.68. The zero-order valence-corrected chi connectivity index (χ0v) is 17.2. The van der Waals surface area contributed by atoms with Crippen molar-refractivity contribution in [1.29, 1.82) is 10.5 Å². The van der Waals surface area contributed by atoms with Crippen molar-refractivity contribution in [3.8, 4) is 29.5 Å². The summed E-state index contributed by atoms with van der Waals surface area (Å²) in [6.07, 6.45) is 0. The topological polar surface area (TPSA) is 161 Å². The van der Waals surface area contributed by atoms with Gasteiger partial charge in [-0.05, 0) is 58.7 Å². The molecule has 0 radical (unpaired) electrons. The number of rotatable bonds is 5. The summed E-state index contributed by atoms with van der Waals surface area (Å²) >= 11 is 3.28. The number of nitrogen functional groups attached to an aromatic ring is 1. The van der Waals surface area contributed by atoms with Crippen LogP contribution in [0.15, 0.2) is 34.8 Å². The van der Waals surface area contributed by atoms with Crippen LogP contribution < -0.4 is 15.8 Å². The summed E-state index contributed by atoms with van der Waals surface area (Å²) in [7, 11) is 0. The van der Waals surface area contributed by atoms with Crippen LogP contribution in [0, 0.1) is 29.6 Å². The van der Waals surface area contributed by atoms with E-state index in [1.54, 1.807) is 31.2 Å². The average molecular weight is 467 g/mol. The number of aliphatic hydroxyl groups is 1. The quantitative estimate of drug-likeness (QED) is 0.439. The number of anilines is 3. The Morgan fingerprint density at radius 2 is 1.90 bits per heavy atom. The standard InChI is InChI=1S/C20H15BrN6O3/c1-10-6-12(8-23)16(29)14(9-28)17(10)30-19-15(21)18(24)26-20(27-19)25-13-4-2-11(7-22)3-5-13/h2-6,28-29H,9H2,1H3,(H3,24,25,26,27). The van der Waals surface area contributed by atoms with Crippen molar-refractivity contribution in [2.24, 2.45) is 0 Å². The molecule has 0 saturated carbocycles. The largest absolute Gasteiger partial charge is 0.506 e. The normalized spacial score (nSPS) is 10.2. The lowest BCUT2D eigenvalue weighted by molar-refractivity contribution is 0.269. The van der Waals surface area contributed by atoms with Crippen LogP contribution in [-0.4, -0.2) is 20.2 Å². The van der Waals surface area contributed by atoms with Crippen molar-refractivity contribution in [3.63, 3.8) is 0 Å². The van der Waals surface area contributed by atoms with E-state index in [9.17, 15) is 10.2 Å². The van der Waals surface area contributed by atoms with E-state index in [2.05, 4.69) is 31.2 Å². The maximum atomic E-state index is 10.2. The van der Waals surface area contributed by atoms with Crippen LogP contribution in [0.25, 0.3) is 0 Å². The van der Waals surface area contributed by atoms with Crippen molar-refractivity contribution in [1.82, 2.24) is 9.97 Å². The summed E-state index contributed by atoms with van der Waals surface area (Å²) in [5, 5.41) is 40.9. The molecule has 0 fully saturated rings. The van der Waals surface area contributed by atoms with Gasteiger partial charge in [0.25, 0.3) is 0 Å². The molecule has 3 aromatic rings. The van der Waals surface area contributed by atoms with Crippen LogP contribution >= 0.6 is 15.9 Å². The summed E-state index contributed by atoms with van der Waals surface area (Å²) in [5.74, 6) is 0.0565. The molecule has 0 saturated heterocycles. The number of aryl methyl sites for hydroxylation is 1. The van der Waals surface area contributed by atoms with E-state index in [0.717, 1.165) is 0 Å². The highest BCUT2D eigenvalue weighted by molar-refractivity contribution is 9.10. The highest BCUT2D eigenvalue weighted by atomic mass is 79.9. The van der Waals surface area contributed by atoms with Crippen molar-refractivity contribution in [2.45, 2.75) is 13.5 Å². The smallest absolute Gasteiger partial charge is 0.240 e. The van der Waals surface area contributed by atoms with Crippen LogP contribution in [0.2, 0.25) is 0 Å². The zero-order chi connectivity index (χ0) is 21.8. The molecule has 0 atom stereocenters. The predicted octanol–water partition coefficient (Wildman–Crippen LogP) is 3.61. The number of nitrogens with one attached hydrogen (secondary N) is 1. The molecule has 3 rings (SSSR count). The van der Waals surface area contributed by atoms with Gasteiger partial charge in [-0.2, -0.15) is 20.5 Å². The maximum absolute atomic E-state index is 10.2. The highest BCUT2D eigenvalue weighted by Crippen LogP contribution is 2.40. The molecule has 0 aliphatic heterocycles. The predicted molar refractivity (Wildman–Crippen MR) is 112 cm³/mol. The van der Waals surface area contributed by atoms with Gasteiger partial charge in [0.15, 0.2) is 0 Å². The number of benzene rings is 2. The van der Waals surface area contributed by atoms with Crippen LogP contribution in [0.3, 0.4) is 0 Å². The monoisotopic (exact) mass is 466 g/mol. The highest BCUT2D eigenvalue weighted by Gasteiger charge is 2.20. The molecule has 0 spiro atoms. The Bertz CT molecular complexity index is 1200. The Morgan fingerprint density at radius 1 is 1.20 bits per heavy atom. The molecular weight excluding hydrogens is 452 g/mol. The number of phenols is 1. The molecular formula is C20H15BrN6O3. The molecule has 0 unspecified atom stereocenters. The fraction of sp³-hybridized carbons (Fsp3) is 0.100. The van der Waals surface area contributed by atoms with E-state index in [1.165, 1.54) is 6.07 Å². The first-order chi connectivity index (χ1) is 14.4. The fourth-order valence-electron chi connectivity index (χ4n) is 2.65. The Labute approximate surface area is 180 Å². The first-order valence-electron chi connectivity index (χ1n) is 8.52. The molecule has 0 aliphatic rings. The zero-order valence-electron chi connectivity index (χ0n) is 15.6. The number of ether oxygens (including phenoxy) is 1. The van der Waals surface area contributed by atoms with Crippen molar-refractivity contribution < 1.29 is 14.9 Å². The maximum Gasteiger partial charge on any atom is 0.240 e. The third-order valence-corrected chi connectivity index (χ3v) is 4.87. The first-order valence-corrected chi connectivity index (χ1v) is 9.31. The SMILES string of the molecule is Cc1cc(C#N)c(O)c(CO)c1Oc1nc(Nc2ccc(C#N)cc2)nc(N)c1Br. The van der Waals surface area contributed by atoms with Crippen LogP contribution in [0.1, 0.15) is 22.3 Å². The number of nitrogens with zero attached hydrogens (tertiary/aromatic N) is 4. The first kappa shape index (κ1) is 20.9. The third-order valence-electron chi connectivity index (χ3n) is 4.13. The van der Waals surface area contributed by atoms with Crippen molar-refractivity contribution >= 4 is 33.4 Å². The fourth-order valence-corrected chi connectivity index (χ4v) is 2.91. The van der Waals surface area contributed by atoms with Gasteiger partial charge in [-0.3, -0.25) is 0 Å².